The van der Waals surface area contributed by atoms with Gasteiger partial charge >= 0.3 is 6.16 Å². The lowest BCUT2D eigenvalue weighted by atomic mass is 10.2. The highest BCUT2D eigenvalue weighted by Gasteiger charge is 2.04. The standard InChI is InChI=1S/C11H12O6/c1-14-10-4-2-9(3-5-10)6-16-11(13)17-8-15-7-12/h2-5,7H,6,8H2,1H3. The fraction of sp³-hybridized carbons (Fsp3) is 0.273. The van der Waals surface area contributed by atoms with Crippen molar-refractivity contribution in [2.75, 3.05) is 13.9 Å². The van der Waals surface area contributed by atoms with Crippen molar-refractivity contribution in [3.05, 3.63) is 29.8 Å². The number of benzene rings is 1. The summed E-state index contributed by atoms with van der Waals surface area (Å²) in [6.45, 7) is -0.203. The van der Waals surface area contributed by atoms with Crippen LogP contribution in [0.4, 0.5) is 4.79 Å². The van der Waals surface area contributed by atoms with Crippen LogP contribution in [0.1, 0.15) is 5.56 Å². The van der Waals surface area contributed by atoms with Gasteiger partial charge in [0.05, 0.1) is 7.11 Å². The number of hydrogen-bond donors (Lipinski definition) is 0. The number of rotatable bonds is 6. The summed E-state index contributed by atoms with van der Waals surface area (Å²) in [5.74, 6) is 0.718. The fourth-order valence-corrected chi connectivity index (χ4v) is 1.02. The highest BCUT2D eigenvalue weighted by Crippen LogP contribution is 2.12. The number of methoxy groups -OCH3 is 1. The van der Waals surface area contributed by atoms with Gasteiger partial charge in [-0.25, -0.2) is 4.79 Å². The van der Waals surface area contributed by atoms with E-state index in [1.807, 2.05) is 0 Å². The van der Waals surface area contributed by atoms with Gasteiger partial charge in [0.1, 0.15) is 12.4 Å². The molecule has 1 aromatic carbocycles. The van der Waals surface area contributed by atoms with Gasteiger partial charge in [-0.15, -0.1) is 0 Å². The van der Waals surface area contributed by atoms with Gasteiger partial charge in [0.2, 0.25) is 6.79 Å². The minimum atomic E-state index is -0.900. The Labute approximate surface area is 98.0 Å². The quantitative estimate of drug-likeness (QED) is 0.324. The molecule has 0 heterocycles. The van der Waals surface area contributed by atoms with Crippen LogP contribution in [-0.4, -0.2) is 26.5 Å². The maximum Gasteiger partial charge on any atom is 0.511 e. The largest absolute Gasteiger partial charge is 0.511 e. The van der Waals surface area contributed by atoms with Crippen LogP contribution in [0.5, 0.6) is 5.75 Å². The normalized spacial score (nSPS) is 9.24. The monoisotopic (exact) mass is 240 g/mol. The Hall–Kier alpha value is -2.24. The van der Waals surface area contributed by atoms with Crippen LogP contribution < -0.4 is 4.74 Å². The van der Waals surface area contributed by atoms with Gasteiger partial charge in [0.15, 0.2) is 0 Å². The molecular formula is C11H12O6. The highest BCUT2D eigenvalue weighted by molar-refractivity contribution is 5.59. The van der Waals surface area contributed by atoms with Gasteiger partial charge in [-0.05, 0) is 17.7 Å². The SMILES string of the molecule is COc1ccc(COC(=O)OCOC=O)cc1. The molecule has 0 unspecified atom stereocenters. The molecule has 17 heavy (non-hydrogen) atoms. The van der Waals surface area contributed by atoms with Crippen molar-refractivity contribution < 1.29 is 28.5 Å². The molecule has 6 nitrogen and oxygen atoms in total. The minimum Gasteiger partial charge on any atom is -0.497 e. The van der Waals surface area contributed by atoms with Crippen LogP contribution in [0.2, 0.25) is 0 Å². The third-order valence-corrected chi connectivity index (χ3v) is 1.83. The zero-order chi connectivity index (χ0) is 12.5. The van der Waals surface area contributed by atoms with Crippen LogP contribution in [-0.2, 0) is 25.6 Å². The Bertz CT molecular complexity index is 359. The van der Waals surface area contributed by atoms with E-state index in [4.69, 9.17) is 9.47 Å². The molecule has 0 amide bonds. The van der Waals surface area contributed by atoms with Gasteiger partial charge in [0, 0.05) is 0 Å². The first-order valence-electron chi connectivity index (χ1n) is 4.74. The molecule has 1 aromatic rings. The molecule has 0 aliphatic rings. The third-order valence-electron chi connectivity index (χ3n) is 1.83. The van der Waals surface area contributed by atoms with E-state index < -0.39 is 12.9 Å². The number of hydrogen-bond acceptors (Lipinski definition) is 6. The topological polar surface area (TPSA) is 71.1 Å². The first-order chi connectivity index (χ1) is 8.26. The molecule has 0 fully saturated rings. The van der Waals surface area contributed by atoms with E-state index in [0.29, 0.717) is 0 Å². The van der Waals surface area contributed by atoms with Crippen LogP contribution in [0.15, 0.2) is 24.3 Å². The molecule has 6 heteroatoms. The average Bonchev–Trinajstić information content (AvgIpc) is 2.37. The molecule has 0 aromatic heterocycles. The molecule has 92 valence electrons. The minimum absolute atomic E-state index is 0.0733. The van der Waals surface area contributed by atoms with Gasteiger partial charge in [-0.3, -0.25) is 4.79 Å². The van der Waals surface area contributed by atoms with Crippen LogP contribution in [0.25, 0.3) is 0 Å². The molecule has 0 saturated carbocycles. The first kappa shape index (κ1) is 12.8. The van der Waals surface area contributed by atoms with Crippen molar-refractivity contribution in [2.24, 2.45) is 0 Å². The fourth-order valence-electron chi connectivity index (χ4n) is 1.02. The molecule has 0 atom stereocenters. The maximum atomic E-state index is 10.9. The van der Waals surface area contributed by atoms with Crippen molar-refractivity contribution in [3.63, 3.8) is 0 Å². The van der Waals surface area contributed by atoms with Crippen molar-refractivity contribution >= 4 is 12.6 Å². The molecule has 1 rings (SSSR count). The maximum absolute atomic E-state index is 10.9. The second kappa shape index (κ2) is 7.10. The summed E-state index contributed by atoms with van der Waals surface area (Å²) in [6.07, 6.45) is -0.900. The van der Waals surface area contributed by atoms with Gasteiger partial charge < -0.3 is 18.9 Å². The lowest BCUT2D eigenvalue weighted by Crippen LogP contribution is -2.09. The summed E-state index contributed by atoms with van der Waals surface area (Å²) in [5.41, 5.74) is 0.791. The summed E-state index contributed by atoms with van der Waals surface area (Å²) in [7, 11) is 1.57. The predicted molar refractivity (Wildman–Crippen MR) is 56.3 cm³/mol. The lowest BCUT2D eigenvalue weighted by molar-refractivity contribution is -0.137. The van der Waals surface area contributed by atoms with E-state index in [1.165, 1.54) is 0 Å². The summed E-state index contributed by atoms with van der Waals surface area (Å²) >= 11 is 0. The first-order valence-corrected chi connectivity index (χ1v) is 4.74. The predicted octanol–water partition coefficient (Wildman–Crippen LogP) is 1.48. The van der Waals surface area contributed by atoms with E-state index in [9.17, 15) is 9.59 Å². The van der Waals surface area contributed by atoms with Crippen LogP contribution >= 0.6 is 0 Å². The van der Waals surface area contributed by atoms with E-state index in [1.54, 1.807) is 31.4 Å². The molecule has 0 aliphatic carbocycles. The Morgan fingerprint density at radius 1 is 1.24 bits per heavy atom. The molecule has 0 radical (unpaired) electrons. The molecule has 0 bridgehead atoms. The Morgan fingerprint density at radius 3 is 2.53 bits per heavy atom. The summed E-state index contributed by atoms with van der Waals surface area (Å²) in [4.78, 5) is 20.7. The Morgan fingerprint density at radius 2 is 1.94 bits per heavy atom. The Balaban J connectivity index is 2.29. The second-order valence-electron chi connectivity index (χ2n) is 2.91. The number of ether oxygens (including phenoxy) is 4. The van der Waals surface area contributed by atoms with Crippen molar-refractivity contribution in [1.29, 1.82) is 0 Å². The molecule has 0 aliphatic heterocycles. The third kappa shape index (κ3) is 4.87. The van der Waals surface area contributed by atoms with Crippen molar-refractivity contribution in [1.82, 2.24) is 0 Å². The highest BCUT2D eigenvalue weighted by atomic mass is 16.8. The van der Waals surface area contributed by atoms with E-state index in [0.717, 1.165) is 11.3 Å². The van der Waals surface area contributed by atoms with Crippen molar-refractivity contribution in [2.45, 2.75) is 6.61 Å². The Kier molecular flexibility index (Phi) is 5.36. The van der Waals surface area contributed by atoms with E-state index in [-0.39, 0.29) is 13.1 Å². The zero-order valence-corrected chi connectivity index (χ0v) is 9.25. The molecular weight excluding hydrogens is 228 g/mol. The van der Waals surface area contributed by atoms with Crippen molar-refractivity contribution in [3.8, 4) is 5.75 Å². The van der Waals surface area contributed by atoms with Crippen LogP contribution in [0, 0.1) is 0 Å². The lowest BCUT2D eigenvalue weighted by Gasteiger charge is -2.05. The molecule has 0 spiro atoms. The summed E-state index contributed by atoms with van der Waals surface area (Å²) < 4.78 is 18.3. The average molecular weight is 240 g/mol. The van der Waals surface area contributed by atoms with Gasteiger partial charge in [0.25, 0.3) is 6.47 Å². The van der Waals surface area contributed by atoms with E-state index >= 15 is 0 Å². The molecule has 0 N–H and O–H groups in total. The number of carbonyl (C=O) groups is 2. The van der Waals surface area contributed by atoms with Gasteiger partial charge in [-0.1, -0.05) is 12.1 Å². The number of carbonyl (C=O) groups excluding carboxylic acids is 2. The van der Waals surface area contributed by atoms with Gasteiger partial charge in [-0.2, -0.15) is 0 Å². The smallest absolute Gasteiger partial charge is 0.497 e. The van der Waals surface area contributed by atoms with E-state index in [2.05, 4.69) is 9.47 Å². The summed E-state index contributed by atoms with van der Waals surface area (Å²) in [6, 6.07) is 7.02. The van der Waals surface area contributed by atoms with Crippen LogP contribution in [0.3, 0.4) is 0 Å². The molecule has 0 saturated heterocycles. The summed E-state index contributed by atoms with van der Waals surface area (Å²) in [5, 5.41) is 0. The second-order valence-corrected chi connectivity index (χ2v) is 2.91. The zero-order valence-electron chi connectivity index (χ0n) is 9.25.